The van der Waals surface area contributed by atoms with Gasteiger partial charge in [0.2, 0.25) is 11.8 Å². The highest BCUT2D eigenvalue weighted by Gasteiger charge is 2.61. The van der Waals surface area contributed by atoms with Crippen molar-refractivity contribution in [1.29, 1.82) is 0 Å². The number of hydrogen-bond donors (Lipinski definition) is 0. The summed E-state index contributed by atoms with van der Waals surface area (Å²) in [7, 11) is 0. The standard InChI is InChI=1S/C17H19NO2/c1-2-10-5-3-4-6-13(10)18-16(19)14-11-7-8-12(9-11)15(14)17(18)20/h3-6,11-12,14-15H,2,7-9H2,1H3. The van der Waals surface area contributed by atoms with Crippen molar-refractivity contribution >= 4 is 17.5 Å². The molecule has 2 aliphatic carbocycles. The van der Waals surface area contributed by atoms with Gasteiger partial charge in [-0.2, -0.15) is 0 Å². The van der Waals surface area contributed by atoms with E-state index in [-0.39, 0.29) is 23.7 Å². The molecule has 1 heterocycles. The van der Waals surface area contributed by atoms with Crippen LogP contribution in [0, 0.1) is 23.7 Å². The molecule has 4 unspecified atom stereocenters. The number of para-hydroxylation sites is 1. The van der Waals surface area contributed by atoms with Crippen LogP contribution in [0.3, 0.4) is 0 Å². The zero-order chi connectivity index (χ0) is 13.9. The zero-order valence-corrected chi connectivity index (χ0v) is 11.7. The number of rotatable bonds is 2. The van der Waals surface area contributed by atoms with E-state index in [4.69, 9.17) is 0 Å². The smallest absolute Gasteiger partial charge is 0.237 e. The molecule has 3 aliphatic rings. The summed E-state index contributed by atoms with van der Waals surface area (Å²) in [6.45, 7) is 2.06. The second-order valence-electron chi connectivity index (χ2n) is 6.38. The Labute approximate surface area is 119 Å². The van der Waals surface area contributed by atoms with Gasteiger partial charge in [0.15, 0.2) is 0 Å². The van der Waals surface area contributed by atoms with Gasteiger partial charge < -0.3 is 0 Å². The van der Waals surface area contributed by atoms with Gasteiger partial charge in [0, 0.05) is 0 Å². The maximum absolute atomic E-state index is 12.8. The van der Waals surface area contributed by atoms with E-state index in [1.54, 1.807) is 0 Å². The van der Waals surface area contributed by atoms with E-state index >= 15 is 0 Å². The van der Waals surface area contributed by atoms with Gasteiger partial charge in [-0.3, -0.25) is 9.59 Å². The summed E-state index contributed by atoms with van der Waals surface area (Å²) < 4.78 is 0. The summed E-state index contributed by atoms with van der Waals surface area (Å²) in [5.74, 6) is 0.999. The topological polar surface area (TPSA) is 37.4 Å². The minimum Gasteiger partial charge on any atom is -0.274 e. The van der Waals surface area contributed by atoms with Crippen LogP contribution in [0.5, 0.6) is 0 Å². The normalized spacial score (nSPS) is 35.0. The molecule has 2 saturated carbocycles. The van der Waals surface area contributed by atoms with Crippen molar-refractivity contribution in [2.75, 3.05) is 4.90 Å². The van der Waals surface area contributed by atoms with Crippen molar-refractivity contribution in [1.82, 2.24) is 0 Å². The summed E-state index contributed by atoms with van der Waals surface area (Å²) in [6.07, 6.45) is 4.20. The van der Waals surface area contributed by atoms with Gasteiger partial charge in [-0.25, -0.2) is 4.90 Å². The number of hydrogen-bond acceptors (Lipinski definition) is 2. The Kier molecular flexibility index (Phi) is 2.53. The van der Waals surface area contributed by atoms with Crippen molar-refractivity contribution in [3.05, 3.63) is 29.8 Å². The number of carbonyl (C=O) groups is 2. The molecule has 2 amide bonds. The maximum atomic E-state index is 12.8. The molecule has 104 valence electrons. The van der Waals surface area contributed by atoms with Crippen LogP contribution < -0.4 is 4.90 Å². The van der Waals surface area contributed by atoms with Crippen molar-refractivity contribution in [3.8, 4) is 0 Å². The highest BCUT2D eigenvalue weighted by Crippen LogP contribution is 2.56. The lowest BCUT2D eigenvalue weighted by Gasteiger charge is -2.20. The molecular formula is C17H19NO2. The monoisotopic (exact) mass is 269 g/mol. The number of fused-ring (bicyclic) bond motifs is 5. The fraction of sp³-hybridized carbons (Fsp3) is 0.529. The Hall–Kier alpha value is -1.64. The molecule has 1 aliphatic heterocycles. The molecule has 20 heavy (non-hydrogen) atoms. The van der Waals surface area contributed by atoms with Gasteiger partial charge in [0.05, 0.1) is 17.5 Å². The summed E-state index contributed by atoms with van der Waals surface area (Å²) in [4.78, 5) is 27.0. The number of benzene rings is 1. The van der Waals surface area contributed by atoms with Gasteiger partial charge in [0.25, 0.3) is 0 Å². The average molecular weight is 269 g/mol. The molecule has 0 N–H and O–H groups in total. The van der Waals surface area contributed by atoms with Gasteiger partial charge in [-0.15, -0.1) is 0 Å². The lowest BCUT2D eigenvalue weighted by Crippen LogP contribution is -2.33. The highest BCUT2D eigenvalue weighted by molar-refractivity contribution is 6.22. The number of imide groups is 1. The van der Waals surface area contributed by atoms with Crippen LogP contribution in [0.25, 0.3) is 0 Å². The van der Waals surface area contributed by atoms with Crippen LogP contribution in [0.15, 0.2) is 24.3 Å². The number of nitrogens with zero attached hydrogens (tertiary/aromatic N) is 1. The molecule has 1 aromatic rings. The van der Waals surface area contributed by atoms with E-state index in [9.17, 15) is 9.59 Å². The van der Waals surface area contributed by atoms with E-state index < -0.39 is 0 Å². The van der Waals surface area contributed by atoms with Crippen molar-refractivity contribution < 1.29 is 9.59 Å². The molecule has 0 spiro atoms. The Morgan fingerprint density at radius 3 is 2.25 bits per heavy atom. The molecule has 0 radical (unpaired) electrons. The third-order valence-electron chi connectivity index (χ3n) is 5.54. The number of aryl methyl sites for hydroxylation is 1. The number of anilines is 1. The SMILES string of the molecule is CCc1ccccc1N1C(=O)C2C3CCC(C3)C2C1=O. The summed E-state index contributed by atoms with van der Waals surface area (Å²) in [5.41, 5.74) is 1.90. The predicted molar refractivity (Wildman–Crippen MR) is 76.1 cm³/mol. The van der Waals surface area contributed by atoms with Gasteiger partial charge in [-0.1, -0.05) is 25.1 Å². The van der Waals surface area contributed by atoms with Crippen LogP contribution in [0.2, 0.25) is 0 Å². The van der Waals surface area contributed by atoms with Gasteiger partial charge in [0.1, 0.15) is 0 Å². The lowest BCUT2D eigenvalue weighted by atomic mass is 9.81. The zero-order valence-electron chi connectivity index (χ0n) is 11.7. The molecule has 1 aromatic carbocycles. The Balaban J connectivity index is 1.77. The second kappa shape index (κ2) is 4.18. The van der Waals surface area contributed by atoms with Crippen LogP contribution in [-0.2, 0) is 16.0 Å². The van der Waals surface area contributed by atoms with Crippen molar-refractivity contribution in [2.45, 2.75) is 32.6 Å². The Morgan fingerprint density at radius 1 is 1.05 bits per heavy atom. The minimum atomic E-state index is -0.0221. The predicted octanol–water partition coefficient (Wildman–Crippen LogP) is 2.78. The van der Waals surface area contributed by atoms with E-state index in [1.807, 2.05) is 24.3 Å². The third-order valence-corrected chi connectivity index (χ3v) is 5.54. The minimum absolute atomic E-state index is 0.0221. The van der Waals surface area contributed by atoms with E-state index in [2.05, 4.69) is 6.92 Å². The summed E-state index contributed by atoms with van der Waals surface area (Å²) >= 11 is 0. The van der Waals surface area contributed by atoms with E-state index in [0.29, 0.717) is 11.8 Å². The van der Waals surface area contributed by atoms with Crippen LogP contribution in [0.1, 0.15) is 31.7 Å². The lowest BCUT2D eigenvalue weighted by molar-refractivity contribution is -0.123. The molecule has 3 heteroatoms. The highest BCUT2D eigenvalue weighted by atomic mass is 16.2. The van der Waals surface area contributed by atoms with Gasteiger partial charge >= 0.3 is 0 Å². The molecule has 4 rings (SSSR count). The molecule has 4 atom stereocenters. The molecule has 2 bridgehead atoms. The number of amides is 2. The first-order valence-corrected chi connectivity index (χ1v) is 7.68. The molecule has 3 nitrogen and oxygen atoms in total. The number of carbonyl (C=O) groups excluding carboxylic acids is 2. The first kappa shape index (κ1) is 12.1. The molecule has 3 fully saturated rings. The van der Waals surface area contributed by atoms with Crippen molar-refractivity contribution in [2.24, 2.45) is 23.7 Å². The van der Waals surface area contributed by atoms with Crippen molar-refractivity contribution in [3.63, 3.8) is 0 Å². The largest absolute Gasteiger partial charge is 0.274 e. The quantitative estimate of drug-likeness (QED) is 0.774. The molecule has 0 aromatic heterocycles. The third kappa shape index (κ3) is 1.41. The fourth-order valence-electron chi connectivity index (χ4n) is 4.67. The Morgan fingerprint density at radius 2 is 1.65 bits per heavy atom. The molecular weight excluding hydrogens is 250 g/mol. The maximum Gasteiger partial charge on any atom is 0.237 e. The first-order chi connectivity index (χ1) is 9.72. The van der Waals surface area contributed by atoms with Crippen LogP contribution in [-0.4, -0.2) is 11.8 Å². The summed E-state index contributed by atoms with van der Waals surface area (Å²) in [5, 5.41) is 0. The van der Waals surface area contributed by atoms with Crippen LogP contribution >= 0.6 is 0 Å². The van der Waals surface area contributed by atoms with E-state index in [1.165, 1.54) is 4.90 Å². The van der Waals surface area contributed by atoms with Gasteiger partial charge in [-0.05, 0) is 49.1 Å². The summed E-state index contributed by atoms with van der Waals surface area (Å²) in [6, 6.07) is 7.81. The molecule has 1 saturated heterocycles. The Bertz CT molecular complexity index is 566. The average Bonchev–Trinajstić information content (AvgIpc) is 3.13. The second-order valence-corrected chi connectivity index (χ2v) is 6.38. The fourth-order valence-corrected chi connectivity index (χ4v) is 4.67. The van der Waals surface area contributed by atoms with E-state index in [0.717, 1.165) is 36.9 Å². The first-order valence-electron chi connectivity index (χ1n) is 7.68. The van der Waals surface area contributed by atoms with Crippen LogP contribution in [0.4, 0.5) is 5.69 Å².